The van der Waals surface area contributed by atoms with Crippen LogP contribution in [-0.4, -0.2) is 42.2 Å². The van der Waals surface area contributed by atoms with Crippen LogP contribution in [-0.2, 0) is 4.74 Å². The minimum absolute atomic E-state index is 0.207. The summed E-state index contributed by atoms with van der Waals surface area (Å²) in [6, 6.07) is 11.2. The van der Waals surface area contributed by atoms with Gasteiger partial charge >= 0.3 is 0 Å². The molecular formula is C18H18N4O2S. The number of nitrogens with one attached hydrogen (secondary N) is 1. The number of rotatable bonds is 3. The average Bonchev–Trinajstić information content (AvgIpc) is 3.06. The molecule has 1 aromatic carbocycles. The second kappa shape index (κ2) is 6.78. The summed E-state index contributed by atoms with van der Waals surface area (Å²) >= 11 is 1.64. The van der Waals surface area contributed by atoms with E-state index in [1.807, 2.05) is 37.3 Å². The Morgan fingerprint density at radius 1 is 1.20 bits per heavy atom. The van der Waals surface area contributed by atoms with Crippen molar-refractivity contribution in [2.75, 3.05) is 36.5 Å². The first kappa shape index (κ1) is 16.0. The molecule has 1 N–H and O–H groups in total. The largest absolute Gasteiger partial charge is 0.378 e. The number of pyridine rings is 1. The summed E-state index contributed by atoms with van der Waals surface area (Å²) in [7, 11) is 0. The third-order valence-electron chi connectivity index (χ3n) is 4.04. The van der Waals surface area contributed by atoms with Gasteiger partial charge < -0.3 is 15.0 Å². The molecule has 7 heteroatoms. The molecule has 1 aliphatic heterocycles. The van der Waals surface area contributed by atoms with Gasteiger partial charge in [0, 0.05) is 24.5 Å². The van der Waals surface area contributed by atoms with Crippen molar-refractivity contribution in [1.29, 1.82) is 0 Å². The van der Waals surface area contributed by atoms with Crippen LogP contribution in [0.25, 0.3) is 10.2 Å². The number of hydrogen-bond acceptors (Lipinski definition) is 6. The number of aromatic nitrogens is 2. The number of ether oxygens (including phenoxy) is 1. The highest BCUT2D eigenvalue weighted by Crippen LogP contribution is 2.31. The monoisotopic (exact) mass is 354 g/mol. The van der Waals surface area contributed by atoms with Crippen molar-refractivity contribution < 1.29 is 9.53 Å². The molecule has 4 rings (SSSR count). The molecule has 1 fully saturated rings. The van der Waals surface area contributed by atoms with Crippen LogP contribution < -0.4 is 10.2 Å². The van der Waals surface area contributed by atoms with E-state index in [0.717, 1.165) is 53.0 Å². The molecule has 1 saturated heterocycles. The summed E-state index contributed by atoms with van der Waals surface area (Å²) in [6.45, 7) is 5.07. The molecule has 0 spiro atoms. The van der Waals surface area contributed by atoms with Crippen LogP contribution in [0.2, 0.25) is 0 Å². The van der Waals surface area contributed by atoms with Gasteiger partial charge in [-0.25, -0.2) is 9.97 Å². The summed E-state index contributed by atoms with van der Waals surface area (Å²) in [4.78, 5) is 23.5. The van der Waals surface area contributed by atoms with Gasteiger partial charge in [-0.2, -0.15) is 0 Å². The van der Waals surface area contributed by atoms with Crippen molar-refractivity contribution in [2.24, 2.45) is 0 Å². The zero-order valence-electron chi connectivity index (χ0n) is 13.9. The lowest BCUT2D eigenvalue weighted by atomic mass is 10.2. The molecule has 0 atom stereocenters. The van der Waals surface area contributed by atoms with Crippen molar-refractivity contribution in [3.05, 3.63) is 47.8 Å². The Kier molecular flexibility index (Phi) is 4.33. The lowest BCUT2D eigenvalue weighted by Gasteiger charge is -2.25. The Hall–Kier alpha value is -2.51. The standard InChI is InChI=1S/C18H18N4O2S/c1-12-3-2-4-15(19-12)17(23)20-13-5-6-14-16(11-13)25-18(21-14)22-7-9-24-10-8-22/h2-6,11H,7-10H2,1H3,(H,20,23). The Labute approximate surface area is 149 Å². The highest BCUT2D eigenvalue weighted by molar-refractivity contribution is 7.22. The Balaban J connectivity index is 1.55. The minimum Gasteiger partial charge on any atom is -0.378 e. The van der Waals surface area contributed by atoms with Crippen molar-refractivity contribution >= 4 is 38.3 Å². The van der Waals surface area contributed by atoms with E-state index in [1.165, 1.54) is 0 Å². The van der Waals surface area contributed by atoms with Gasteiger partial charge in [-0.05, 0) is 37.3 Å². The number of morpholine rings is 1. The average molecular weight is 354 g/mol. The molecule has 0 unspecified atom stereocenters. The topological polar surface area (TPSA) is 67.4 Å². The van der Waals surface area contributed by atoms with E-state index in [1.54, 1.807) is 17.4 Å². The zero-order valence-corrected chi connectivity index (χ0v) is 14.7. The molecular weight excluding hydrogens is 336 g/mol. The van der Waals surface area contributed by atoms with E-state index >= 15 is 0 Å². The first-order valence-electron chi connectivity index (χ1n) is 8.17. The number of thiazole rings is 1. The lowest BCUT2D eigenvalue weighted by molar-refractivity contribution is 0.102. The summed E-state index contributed by atoms with van der Waals surface area (Å²) in [6.07, 6.45) is 0. The number of benzene rings is 1. The number of anilines is 2. The van der Waals surface area contributed by atoms with Gasteiger partial charge in [0.25, 0.3) is 5.91 Å². The summed E-state index contributed by atoms with van der Waals surface area (Å²) in [5, 5.41) is 3.91. The molecule has 128 valence electrons. The molecule has 1 aliphatic rings. The normalized spacial score (nSPS) is 14.7. The maximum absolute atomic E-state index is 12.3. The fraction of sp³-hybridized carbons (Fsp3) is 0.278. The van der Waals surface area contributed by atoms with Gasteiger partial charge in [0.05, 0.1) is 23.4 Å². The second-order valence-electron chi connectivity index (χ2n) is 5.90. The van der Waals surface area contributed by atoms with Crippen LogP contribution in [0.5, 0.6) is 0 Å². The van der Waals surface area contributed by atoms with Gasteiger partial charge in [-0.3, -0.25) is 4.79 Å². The predicted molar refractivity (Wildman–Crippen MR) is 99.6 cm³/mol. The molecule has 0 radical (unpaired) electrons. The fourth-order valence-corrected chi connectivity index (χ4v) is 3.80. The SMILES string of the molecule is Cc1cccc(C(=O)Nc2ccc3nc(N4CCOCC4)sc3c2)n1. The first-order valence-corrected chi connectivity index (χ1v) is 8.99. The fourth-order valence-electron chi connectivity index (χ4n) is 2.74. The Morgan fingerprint density at radius 2 is 2.04 bits per heavy atom. The number of fused-ring (bicyclic) bond motifs is 1. The maximum Gasteiger partial charge on any atom is 0.274 e. The molecule has 3 aromatic rings. The van der Waals surface area contributed by atoms with Crippen LogP contribution in [0, 0.1) is 6.92 Å². The van der Waals surface area contributed by atoms with E-state index in [-0.39, 0.29) is 5.91 Å². The van der Waals surface area contributed by atoms with Crippen LogP contribution in [0.1, 0.15) is 16.2 Å². The molecule has 1 amide bonds. The predicted octanol–water partition coefficient (Wildman–Crippen LogP) is 3.09. The minimum atomic E-state index is -0.207. The highest BCUT2D eigenvalue weighted by Gasteiger charge is 2.16. The van der Waals surface area contributed by atoms with E-state index in [9.17, 15) is 4.79 Å². The molecule has 0 aliphatic carbocycles. The first-order chi connectivity index (χ1) is 12.2. The smallest absolute Gasteiger partial charge is 0.274 e. The van der Waals surface area contributed by atoms with Crippen LogP contribution in [0.15, 0.2) is 36.4 Å². The maximum atomic E-state index is 12.3. The van der Waals surface area contributed by atoms with Gasteiger partial charge in [-0.15, -0.1) is 0 Å². The van der Waals surface area contributed by atoms with Crippen molar-refractivity contribution in [3.63, 3.8) is 0 Å². The number of amides is 1. The quantitative estimate of drug-likeness (QED) is 0.783. The van der Waals surface area contributed by atoms with Crippen LogP contribution in [0.4, 0.5) is 10.8 Å². The Bertz CT molecular complexity index is 918. The van der Waals surface area contributed by atoms with Gasteiger partial charge in [0.2, 0.25) is 0 Å². The second-order valence-corrected chi connectivity index (χ2v) is 6.91. The number of aryl methyl sites for hydroxylation is 1. The summed E-state index contributed by atoms with van der Waals surface area (Å²) in [5.74, 6) is -0.207. The molecule has 0 bridgehead atoms. The molecule has 25 heavy (non-hydrogen) atoms. The van der Waals surface area contributed by atoms with Crippen molar-refractivity contribution in [1.82, 2.24) is 9.97 Å². The van der Waals surface area contributed by atoms with Crippen molar-refractivity contribution in [3.8, 4) is 0 Å². The third kappa shape index (κ3) is 3.47. The van der Waals surface area contributed by atoms with E-state index in [0.29, 0.717) is 5.69 Å². The third-order valence-corrected chi connectivity index (χ3v) is 5.12. The van der Waals surface area contributed by atoms with Crippen LogP contribution in [0.3, 0.4) is 0 Å². The van der Waals surface area contributed by atoms with E-state index in [2.05, 4.69) is 15.2 Å². The number of carbonyl (C=O) groups excluding carboxylic acids is 1. The highest BCUT2D eigenvalue weighted by atomic mass is 32.1. The van der Waals surface area contributed by atoms with Gasteiger partial charge in [-0.1, -0.05) is 17.4 Å². The number of nitrogens with zero attached hydrogens (tertiary/aromatic N) is 3. The molecule has 2 aromatic heterocycles. The molecule has 6 nitrogen and oxygen atoms in total. The summed E-state index contributed by atoms with van der Waals surface area (Å²) < 4.78 is 6.44. The van der Waals surface area contributed by atoms with Crippen LogP contribution >= 0.6 is 11.3 Å². The molecule has 0 saturated carbocycles. The lowest BCUT2D eigenvalue weighted by Crippen LogP contribution is -2.36. The van der Waals surface area contributed by atoms with Crippen molar-refractivity contribution in [2.45, 2.75) is 6.92 Å². The van der Waals surface area contributed by atoms with Gasteiger partial charge in [0.1, 0.15) is 5.69 Å². The molecule has 3 heterocycles. The van der Waals surface area contributed by atoms with E-state index in [4.69, 9.17) is 9.72 Å². The number of carbonyl (C=O) groups is 1. The zero-order chi connectivity index (χ0) is 17.2. The Morgan fingerprint density at radius 3 is 2.84 bits per heavy atom. The van der Waals surface area contributed by atoms with Gasteiger partial charge in [0.15, 0.2) is 5.13 Å². The number of hydrogen-bond donors (Lipinski definition) is 1. The summed E-state index contributed by atoms with van der Waals surface area (Å²) in [5.41, 5.74) is 2.93. The van der Waals surface area contributed by atoms with E-state index < -0.39 is 0 Å².